The third kappa shape index (κ3) is 3.15. The van der Waals surface area contributed by atoms with E-state index >= 15 is 0 Å². The zero-order valence-electron chi connectivity index (χ0n) is 12.2. The van der Waals surface area contributed by atoms with Crippen molar-refractivity contribution >= 4 is 5.82 Å². The molecule has 0 unspecified atom stereocenters. The molecule has 5 heteroatoms. The zero-order valence-corrected chi connectivity index (χ0v) is 12.2. The van der Waals surface area contributed by atoms with Crippen LogP contribution in [-0.2, 0) is 13.5 Å². The van der Waals surface area contributed by atoms with Crippen molar-refractivity contribution in [1.29, 1.82) is 0 Å². The zero-order chi connectivity index (χ0) is 13.9. The van der Waals surface area contributed by atoms with Gasteiger partial charge in [-0.1, -0.05) is 0 Å². The van der Waals surface area contributed by atoms with Gasteiger partial charge >= 0.3 is 0 Å². The topological polar surface area (TPSA) is 46.8 Å². The molecule has 20 heavy (non-hydrogen) atoms. The summed E-state index contributed by atoms with van der Waals surface area (Å²) >= 11 is 0. The normalized spacial score (nSPS) is 14.5. The van der Waals surface area contributed by atoms with Crippen LogP contribution in [0, 0.1) is 0 Å². The monoisotopic (exact) mass is 271 g/mol. The van der Waals surface area contributed by atoms with Crippen molar-refractivity contribution in [1.82, 2.24) is 19.7 Å². The molecule has 0 aliphatic heterocycles. The molecule has 1 fully saturated rings. The highest BCUT2D eigenvalue weighted by Crippen LogP contribution is 2.39. The van der Waals surface area contributed by atoms with E-state index in [1.54, 1.807) is 6.33 Å². The van der Waals surface area contributed by atoms with E-state index in [0.29, 0.717) is 5.92 Å². The first-order valence-corrected chi connectivity index (χ1v) is 7.23. The fraction of sp³-hybridized carbons (Fsp3) is 0.533. The van der Waals surface area contributed by atoms with Crippen molar-refractivity contribution in [3.05, 3.63) is 36.0 Å². The third-order valence-corrected chi connectivity index (χ3v) is 3.78. The van der Waals surface area contributed by atoms with Crippen molar-refractivity contribution in [3.8, 4) is 0 Å². The lowest BCUT2D eigenvalue weighted by atomic mass is 10.2. The van der Waals surface area contributed by atoms with Gasteiger partial charge in [0.1, 0.15) is 12.1 Å². The van der Waals surface area contributed by atoms with Crippen LogP contribution in [0.25, 0.3) is 0 Å². The van der Waals surface area contributed by atoms with Gasteiger partial charge in [0.05, 0.1) is 6.20 Å². The quantitative estimate of drug-likeness (QED) is 0.807. The molecule has 0 amide bonds. The average Bonchev–Trinajstić information content (AvgIpc) is 3.23. The number of rotatable bonds is 6. The fourth-order valence-electron chi connectivity index (χ4n) is 2.41. The summed E-state index contributed by atoms with van der Waals surface area (Å²) in [7, 11) is 4.05. The number of aryl methyl sites for hydroxylation is 2. The van der Waals surface area contributed by atoms with E-state index in [1.807, 2.05) is 17.9 Å². The summed E-state index contributed by atoms with van der Waals surface area (Å²) in [6.45, 7) is 0.996. The summed E-state index contributed by atoms with van der Waals surface area (Å²) in [5.74, 6) is 1.72. The van der Waals surface area contributed by atoms with Crippen LogP contribution in [-0.4, -0.2) is 33.3 Å². The van der Waals surface area contributed by atoms with Gasteiger partial charge in [-0.15, -0.1) is 0 Å². The van der Waals surface area contributed by atoms with Crippen LogP contribution in [0.3, 0.4) is 0 Å². The predicted octanol–water partition coefficient (Wildman–Crippen LogP) is 2.16. The summed E-state index contributed by atoms with van der Waals surface area (Å²) in [6.07, 6.45) is 10.4. The summed E-state index contributed by atoms with van der Waals surface area (Å²) in [6, 6.07) is 2.14. The SMILES string of the molecule is CN(CCCc1cnn(C)c1)c1cc(C2CC2)ncn1. The van der Waals surface area contributed by atoms with Crippen molar-refractivity contribution < 1.29 is 0 Å². The molecular weight excluding hydrogens is 250 g/mol. The van der Waals surface area contributed by atoms with Gasteiger partial charge in [-0.3, -0.25) is 4.68 Å². The van der Waals surface area contributed by atoms with Gasteiger partial charge in [0.2, 0.25) is 0 Å². The molecule has 1 aliphatic rings. The highest BCUT2D eigenvalue weighted by molar-refractivity contribution is 5.39. The fourth-order valence-corrected chi connectivity index (χ4v) is 2.41. The Morgan fingerprint density at radius 2 is 2.20 bits per heavy atom. The lowest BCUT2D eigenvalue weighted by molar-refractivity contribution is 0.759. The van der Waals surface area contributed by atoms with Gasteiger partial charge in [0.25, 0.3) is 0 Å². The molecule has 1 aliphatic carbocycles. The Morgan fingerprint density at radius 3 is 2.90 bits per heavy atom. The Labute approximate surface area is 119 Å². The van der Waals surface area contributed by atoms with Crippen LogP contribution < -0.4 is 4.90 Å². The summed E-state index contributed by atoms with van der Waals surface area (Å²) in [5.41, 5.74) is 2.50. The van der Waals surface area contributed by atoms with Crippen LogP contribution in [0.15, 0.2) is 24.8 Å². The van der Waals surface area contributed by atoms with Crippen LogP contribution >= 0.6 is 0 Å². The first kappa shape index (κ1) is 13.1. The van der Waals surface area contributed by atoms with E-state index in [4.69, 9.17) is 0 Å². The number of hydrogen-bond donors (Lipinski definition) is 0. The maximum absolute atomic E-state index is 4.38. The summed E-state index contributed by atoms with van der Waals surface area (Å²) < 4.78 is 1.85. The minimum atomic E-state index is 0.681. The lowest BCUT2D eigenvalue weighted by Gasteiger charge is -2.18. The molecule has 2 aromatic heterocycles. The number of anilines is 1. The highest BCUT2D eigenvalue weighted by Gasteiger charge is 2.25. The van der Waals surface area contributed by atoms with Gasteiger partial charge in [-0.2, -0.15) is 5.10 Å². The number of nitrogens with zero attached hydrogens (tertiary/aromatic N) is 5. The van der Waals surface area contributed by atoms with E-state index in [0.717, 1.165) is 25.2 Å². The molecule has 0 atom stereocenters. The molecule has 3 rings (SSSR count). The second kappa shape index (κ2) is 5.61. The van der Waals surface area contributed by atoms with E-state index < -0.39 is 0 Å². The molecule has 0 N–H and O–H groups in total. The van der Waals surface area contributed by atoms with E-state index in [-0.39, 0.29) is 0 Å². The number of hydrogen-bond acceptors (Lipinski definition) is 4. The standard InChI is InChI=1S/C15H21N5/c1-19(7-3-4-12-9-18-20(2)10-12)15-8-14(13-5-6-13)16-11-17-15/h8-11,13H,3-7H2,1-2H3. The van der Waals surface area contributed by atoms with Crippen LogP contribution in [0.2, 0.25) is 0 Å². The highest BCUT2D eigenvalue weighted by atomic mass is 15.2. The Balaban J connectivity index is 1.53. The Hall–Kier alpha value is -1.91. The molecule has 0 bridgehead atoms. The predicted molar refractivity (Wildman–Crippen MR) is 78.8 cm³/mol. The maximum atomic E-state index is 4.38. The Morgan fingerprint density at radius 1 is 1.35 bits per heavy atom. The van der Waals surface area contributed by atoms with Crippen molar-refractivity contribution in [2.75, 3.05) is 18.5 Å². The van der Waals surface area contributed by atoms with Crippen molar-refractivity contribution in [3.63, 3.8) is 0 Å². The van der Waals surface area contributed by atoms with Crippen molar-refractivity contribution in [2.24, 2.45) is 7.05 Å². The average molecular weight is 271 g/mol. The van der Waals surface area contributed by atoms with Gasteiger partial charge in [-0.05, 0) is 31.2 Å². The first-order chi connectivity index (χ1) is 9.72. The summed E-state index contributed by atoms with van der Waals surface area (Å²) in [5, 5.41) is 4.19. The van der Waals surface area contributed by atoms with E-state index in [2.05, 4.69) is 39.3 Å². The molecule has 1 saturated carbocycles. The van der Waals surface area contributed by atoms with Gasteiger partial charge in [0, 0.05) is 44.5 Å². The summed E-state index contributed by atoms with van der Waals surface area (Å²) in [4.78, 5) is 11.0. The molecule has 106 valence electrons. The molecule has 0 spiro atoms. The smallest absolute Gasteiger partial charge is 0.131 e. The van der Waals surface area contributed by atoms with Crippen LogP contribution in [0.4, 0.5) is 5.82 Å². The molecule has 0 radical (unpaired) electrons. The van der Waals surface area contributed by atoms with Gasteiger partial charge in [-0.25, -0.2) is 9.97 Å². The third-order valence-electron chi connectivity index (χ3n) is 3.78. The van der Waals surface area contributed by atoms with Crippen LogP contribution in [0.5, 0.6) is 0 Å². The molecule has 5 nitrogen and oxygen atoms in total. The van der Waals surface area contributed by atoms with Crippen molar-refractivity contribution in [2.45, 2.75) is 31.6 Å². The molecule has 0 aromatic carbocycles. The van der Waals surface area contributed by atoms with Gasteiger partial charge in [0.15, 0.2) is 0 Å². The lowest BCUT2D eigenvalue weighted by Crippen LogP contribution is -2.20. The number of aromatic nitrogens is 4. The molecule has 2 heterocycles. The maximum Gasteiger partial charge on any atom is 0.131 e. The van der Waals surface area contributed by atoms with Gasteiger partial charge < -0.3 is 4.90 Å². The molecule has 0 saturated heterocycles. The second-order valence-electron chi connectivity index (χ2n) is 5.62. The van der Waals surface area contributed by atoms with Crippen LogP contribution in [0.1, 0.15) is 36.4 Å². The Kier molecular flexibility index (Phi) is 3.67. The minimum absolute atomic E-state index is 0.681. The molecular formula is C15H21N5. The van der Waals surface area contributed by atoms with E-state index in [9.17, 15) is 0 Å². The second-order valence-corrected chi connectivity index (χ2v) is 5.62. The Bertz CT molecular complexity index is 573. The molecule has 2 aromatic rings. The minimum Gasteiger partial charge on any atom is -0.360 e. The largest absolute Gasteiger partial charge is 0.360 e. The van der Waals surface area contributed by atoms with E-state index in [1.165, 1.54) is 24.1 Å². The first-order valence-electron chi connectivity index (χ1n) is 7.23.